The minimum absolute atomic E-state index is 0.0266. The molecule has 5 nitrogen and oxygen atoms in total. The molecule has 1 saturated carbocycles. The van der Waals surface area contributed by atoms with E-state index >= 15 is 0 Å². The highest BCUT2D eigenvalue weighted by atomic mass is 32.2. The third kappa shape index (κ3) is 6.52. The lowest BCUT2D eigenvalue weighted by Crippen LogP contribution is -2.46. The third-order valence-corrected chi connectivity index (χ3v) is 5.33. The van der Waals surface area contributed by atoms with E-state index in [0.717, 1.165) is 19.3 Å². The van der Waals surface area contributed by atoms with Crippen molar-refractivity contribution in [2.75, 3.05) is 18.9 Å². The minimum Gasteiger partial charge on any atom is -0.389 e. The van der Waals surface area contributed by atoms with Crippen LogP contribution in [0, 0.1) is 5.92 Å². The fourth-order valence-corrected chi connectivity index (χ4v) is 3.46. The summed E-state index contributed by atoms with van der Waals surface area (Å²) in [5.41, 5.74) is -0.877. The fourth-order valence-electron chi connectivity index (χ4n) is 2.51. The second-order valence-electron chi connectivity index (χ2n) is 6.14. The van der Waals surface area contributed by atoms with Gasteiger partial charge in [-0.3, -0.25) is 0 Å². The predicted octanol–water partition coefficient (Wildman–Crippen LogP) is 1.66. The van der Waals surface area contributed by atoms with Gasteiger partial charge in [0.05, 0.1) is 24.1 Å². The standard InChI is InChI=1S/C14H29NO4S/c1-4-13-5-7-14(16,8-6-13)11-15-20(17,18)10-9-19-12(2)3/h12-13,15-16H,4-11H2,1-3H3. The largest absolute Gasteiger partial charge is 0.389 e. The first-order chi connectivity index (χ1) is 9.26. The molecule has 0 aromatic heterocycles. The SMILES string of the molecule is CCC1CCC(O)(CNS(=O)(=O)CCOC(C)C)CC1. The van der Waals surface area contributed by atoms with E-state index in [0.29, 0.717) is 18.8 Å². The molecule has 20 heavy (non-hydrogen) atoms. The van der Waals surface area contributed by atoms with E-state index in [2.05, 4.69) is 11.6 Å². The highest BCUT2D eigenvalue weighted by Gasteiger charge is 2.33. The van der Waals surface area contributed by atoms with E-state index in [4.69, 9.17) is 4.74 Å². The number of rotatable bonds is 8. The smallest absolute Gasteiger partial charge is 0.213 e. The van der Waals surface area contributed by atoms with Crippen molar-refractivity contribution in [3.8, 4) is 0 Å². The van der Waals surface area contributed by atoms with E-state index < -0.39 is 15.6 Å². The summed E-state index contributed by atoms with van der Waals surface area (Å²) in [4.78, 5) is 0. The van der Waals surface area contributed by atoms with Crippen molar-refractivity contribution < 1.29 is 18.3 Å². The van der Waals surface area contributed by atoms with E-state index in [9.17, 15) is 13.5 Å². The number of nitrogens with one attached hydrogen (secondary N) is 1. The summed E-state index contributed by atoms with van der Waals surface area (Å²) in [6.07, 6.45) is 4.47. The van der Waals surface area contributed by atoms with E-state index in [1.807, 2.05) is 13.8 Å². The second-order valence-corrected chi connectivity index (χ2v) is 8.06. The number of hydrogen-bond donors (Lipinski definition) is 2. The summed E-state index contributed by atoms with van der Waals surface area (Å²) in [6.45, 7) is 6.20. The topological polar surface area (TPSA) is 75.6 Å². The first-order valence-electron chi connectivity index (χ1n) is 7.57. The van der Waals surface area contributed by atoms with Crippen molar-refractivity contribution >= 4 is 10.0 Å². The Kier molecular flexibility index (Phi) is 6.91. The molecule has 120 valence electrons. The van der Waals surface area contributed by atoms with Crippen molar-refractivity contribution in [2.45, 2.75) is 64.6 Å². The van der Waals surface area contributed by atoms with Crippen molar-refractivity contribution in [1.82, 2.24) is 4.72 Å². The van der Waals surface area contributed by atoms with E-state index in [1.165, 1.54) is 0 Å². The maximum Gasteiger partial charge on any atom is 0.213 e. The molecule has 1 rings (SSSR count). The molecular weight excluding hydrogens is 278 g/mol. The number of sulfonamides is 1. The van der Waals surface area contributed by atoms with Gasteiger partial charge in [0.2, 0.25) is 10.0 Å². The summed E-state index contributed by atoms with van der Waals surface area (Å²) in [6, 6.07) is 0. The van der Waals surface area contributed by atoms with Crippen LogP contribution in [0.5, 0.6) is 0 Å². The molecule has 1 fully saturated rings. The quantitative estimate of drug-likeness (QED) is 0.715. The molecule has 0 aromatic carbocycles. The van der Waals surface area contributed by atoms with Crippen LogP contribution in [-0.2, 0) is 14.8 Å². The van der Waals surface area contributed by atoms with Gasteiger partial charge in [0, 0.05) is 6.54 Å². The second kappa shape index (κ2) is 7.73. The highest BCUT2D eigenvalue weighted by molar-refractivity contribution is 7.89. The first kappa shape index (κ1) is 17.9. The summed E-state index contributed by atoms with van der Waals surface area (Å²) in [5, 5.41) is 10.4. The van der Waals surface area contributed by atoms with Gasteiger partial charge in [0.25, 0.3) is 0 Å². The van der Waals surface area contributed by atoms with Crippen molar-refractivity contribution in [2.24, 2.45) is 5.92 Å². The molecule has 6 heteroatoms. The molecule has 0 atom stereocenters. The maximum atomic E-state index is 11.8. The van der Waals surface area contributed by atoms with Crippen molar-refractivity contribution in [3.63, 3.8) is 0 Å². The van der Waals surface area contributed by atoms with Gasteiger partial charge < -0.3 is 9.84 Å². The highest BCUT2D eigenvalue weighted by Crippen LogP contribution is 2.33. The lowest BCUT2D eigenvalue weighted by Gasteiger charge is -2.35. The molecule has 0 aromatic rings. The number of ether oxygens (including phenoxy) is 1. The van der Waals surface area contributed by atoms with Crippen LogP contribution in [0.4, 0.5) is 0 Å². The van der Waals surface area contributed by atoms with Gasteiger partial charge in [-0.15, -0.1) is 0 Å². The van der Waals surface area contributed by atoms with Crippen LogP contribution in [0.2, 0.25) is 0 Å². The van der Waals surface area contributed by atoms with Crippen LogP contribution in [0.1, 0.15) is 52.9 Å². The molecule has 2 N–H and O–H groups in total. The zero-order valence-electron chi connectivity index (χ0n) is 12.9. The van der Waals surface area contributed by atoms with Crippen molar-refractivity contribution in [3.05, 3.63) is 0 Å². The first-order valence-corrected chi connectivity index (χ1v) is 9.23. The summed E-state index contributed by atoms with van der Waals surface area (Å²) in [5.74, 6) is 0.616. The normalized spacial score (nSPS) is 27.9. The fraction of sp³-hybridized carbons (Fsp3) is 1.00. The Morgan fingerprint density at radius 1 is 1.35 bits per heavy atom. The van der Waals surface area contributed by atoms with Gasteiger partial charge in [0.15, 0.2) is 0 Å². The Morgan fingerprint density at radius 3 is 2.45 bits per heavy atom. The molecule has 0 bridgehead atoms. The Hall–Kier alpha value is -0.170. The van der Waals surface area contributed by atoms with Crippen LogP contribution in [-0.4, -0.2) is 44.1 Å². The summed E-state index contributed by atoms with van der Waals surface area (Å²) < 4.78 is 31.4. The Bertz CT molecular complexity index is 373. The number of hydrogen-bond acceptors (Lipinski definition) is 4. The Balaban J connectivity index is 2.34. The Labute approximate surface area is 123 Å². The zero-order valence-corrected chi connectivity index (χ0v) is 13.7. The third-order valence-electron chi connectivity index (χ3n) is 4.04. The summed E-state index contributed by atoms with van der Waals surface area (Å²) >= 11 is 0. The molecule has 1 aliphatic carbocycles. The van der Waals surface area contributed by atoms with Crippen LogP contribution in [0.3, 0.4) is 0 Å². The maximum absolute atomic E-state index is 11.8. The van der Waals surface area contributed by atoms with Gasteiger partial charge in [-0.25, -0.2) is 13.1 Å². The molecule has 0 saturated heterocycles. The molecule has 0 amide bonds. The van der Waals surface area contributed by atoms with Gasteiger partial charge in [-0.05, 0) is 45.4 Å². The molecule has 0 radical (unpaired) electrons. The molecule has 0 spiro atoms. The monoisotopic (exact) mass is 307 g/mol. The molecule has 0 aliphatic heterocycles. The average Bonchev–Trinajstić information content (AvgIpc) is 2.37. The van der Waals surface area contributed by atoms with Gasteiger partial charge >= 0.3 is 0 Å². The van der Waals surface area contributed by atoms with Gasteiger partial charge in [-0.1, -0.05) is 13.3 Å². The zero-order chi connectivity index (χ0) is 15.2. The molecular formula is C14H29NO4S. The minimum atomic E-state index is -3.37. The lowest BCUT2D eigenvalue weighted by atomic mass is 9.78. The van der Waals surface area contributed by atoms with Gasteiger partial charge in [-0.2, -0.15) is 0 Å². The molecule has 1 aliphatic rings. The molecule has 0 heterocycles. The van der Waals surface area contributed by atoms with Crippen LogP contribution in [0.25, 0.3) is 0 Å². The van der Waals surface area contributed by atoms with E-state index in [-0.39, 0.29) is 25.0 Å². The average molecular weight is 307 g/mol. The molecule has 0 unspecified atom stereocenters. The van der Waals surface area contributed by atoms with Crippen LogP contribution in [0.15, 0.2) is 0 Å². The lowest BCUT2D eigenvalue weighted by molar-refractivity contribution is -0.00449. The van der Waals surface area contributed by atoms with Crippen LogP contribution < -0.4 is 4.72 Å². The summed E-state index contributed by atoms with van der Waals surface area (Å²) in [7, 11) is -3.37. The van der Waals surface area contributed by atoms with Crippen molar-refractivity contribution in [1.29, 1.82) is 0 Å². The Morgan fingerprint density at radius 2 is 1.95 bits per heavy atom. The number of aliphatic hydroxyl groups is 1. The van der Waals surface area contributed by atoms with Gasteiger partial charge in [0.1, 0.15) is 0 Å². The van der Waals surface area contributed by atoms with E-state index in [1.54, 1.807) is 0 Å². The van der Waals surface area contributed by atoms with Crippen LogP contribution >= 0.6 is 0 Å². The predicted molar refractivity (Wildman–Crippen MR) is 80.1 cm³/mol.